The topological polar surface area (TPSA) is 18.5 Å². The predicted octanol–water partition coefficient (Wildman–Crippen LogP) is 7.34. The molecule has 0 saturated heterocycles. The van der Waals surface area contributed by atoms with E-state index >= 15 is 0 Å². The van der Waals surface area contributed by atoms with Gasteiger partial charge in [-0.05, 0) is 68.8 Å². The SMILES string of the molecule is COc1ccc(-c2ccc3c(c2-c2ccc(OC)cc2)C(C)(C)c2ccccc2-3)cc1. The molecule has 2 heteroatoms. The Balaban J connectivity index is 1.81. The van der Waals surface area contributed by atoms with Crippen LogP contribution in [0.1, 0.15) is 25.0 Å². The second-order valence-corrected chi connectivity index (χ2v) is 8.54. The summed E-state index contributed by atoms with van der Waals surface area (Å²) < 4.78 is 10.8. The molecule has 4 aromatic carbocycles. The Bertz CT molecular complexity index is 1250. The van der Waals surface area contributed by atoms with E-state index in [0.717, 1.165) is 11.5 Å². The zero-order chi connectivity index (χ0) is 21.6. The molecule has 5 rings (SSSR count). The monoisotopic (exact) mass is 406 g/mol. The van der Waals surface area contributed by atoms with Crippen LogP contribution in [0.3, 0.4) is 0 Å². The maximum absolute atomic E-state index is 5.42. The van der Waals surface area contributed by atoms with Gasteiger partial charge in [-0.25, -0.2) is 0 Å². The minimum atomic E-state index is -0.0936. The van der Waals surface area contributed by atoms with Crippen LogP contribution in [0.2, 0.25) is 0 Å². The lowest BCUT2D eigenvalue weighted by Crippen LogP contribution is -2.16. The van der Waals surface area contributed by atoms with Gasteiger partial charge in [0.15, 0.2) is 0 Å². The van der Waals surface area contributed by atoms with Crippen LogP contribution in [-0.4, -0.2) is 14.2 Å². The van der Waals surface area contributed by atoms with Crippen LogP contribution in [0.4, 0.5) is 0 Å². The molecule has 4 aromatic rings. The summed E-state index contributed by atoms with van der Waals surface area (Å²) in [7, 11) is 3.41. The van der Waals surface area contributed by atoms with E-state index in [1.807, 2.05) is 24.3 Å². The highest BCUT2D eigenvalue weighted by atomic mass is 16.5. The second-order valence-electron chi connectivity index (χ2n) is 8.54. The van der Waals surface area contributed by atoms with Crippen LogP contribution in [0.25, 0.3) is 33.4 Å². The van der Waals surface area contributed by atoms with Crippen LogP contribution in [0.15, 0.2) is 84.9 Å². The first-order chi connectivity index (χ1) is 15.0. The second kappa shape index (κ2) is 7.31. The smallest absolute Gasteiger partial charge is 0.118 e. The highest BCUT2D eigenvalue weighted by molar-refractivity contribution is 5.95. The Morgan fingerprint density at radius 1 is 0.548 bits per heavy atom. The molecule has 1 aliphatic carbocycles. The third kappa shape index (κ3) is 3.02. The summed E-state index contributed by atoms with van der Waals surface area (Å²) in [5.41, 5.74) is 10.2. The molecule has 0 saturated carbocycles. The molecule has 0 aromatic heterocycles. The molecule has 1 aliphatic rings. The van der Waals surface area contributed by atoms with Crippen molar-refractivity contribution in [2.24, 2.45) is 0 Å². The standard InChI is InChI=1S/C29H26O2/c1-29(2)26-8-6-5-7-24(26)25-18-17-23(19-9-13-21(30-3)14-10-19)27(28(25)29)20-11-15-22(31-4)16-12-20/h5-18H,1-4H3. The number of ether oxygens (including phenoxy) is 2. The quantitative estimate of drug-likeness (QED) is 0.353. The fraction of sp³-hybridized carbons (Fsp3) is 0.172. The average molecular weight is 407 g/mol. The zero-order valence-electron chi connectivity index (χ0n) is 18.4. The van der Waals surface area contributed by atoms with Gasteiger partial charge in [-0.15, -0.1) is 0 Å². The van der Waals surface area contributed by atoms with Gasteiger partial charge in [-0.3, -0.25) is 0 Å². The zero-order valence-corrected chi connectivity index (χ0v) is 18.4. The Morgan fingerprint density at radius 2 is 1.10 bits per heavy atom. The normalized spacial score (nSPS) is 13.4. The number of fused-ring (bicyclic) bond motifs is 3. The molecule has 0 atom stereocenters. The van der Waals surface area contributed by atoms with Crippen LogP contribution in [0, 0.1) is 0 Å². The molecular formula is C29H26O2. The molecule has 31 heavy (non-hydrogen) atoms. The Morgan fingerprint density at radius 3 is 1.71 bits per heavy atom. The van der Waals surface area contributed by atoms with E-state index in [2.05, 4.69) is 74.5 Å². The molecule has 0 fully saturated rings. The molecule has 0 radical (unpaired) electrons. The summed E-state index contributed by atoms with van der Waals surface area (Å²) >= 11 is 0. The molecule has 0 aliphatic heterocycles. The van der Waals surface area contributed by atoms with E-state index in [0.29, 0.717) is 0 Å². The maximum atomic E-state index is 5.42. The first-order valence-electron chi connectivity index (χ1n) is 10.6. The Labute approximate surface area is 184 Å². The number of rotatable bonds is 4. The van der Waals surface area contributed by atoms with Gasteiger partial charge in [0.25, 0.3) is 0 Å². The van der Waals surface area contributed by atoms with E-state index in [9.17, 15) is 0 Å². The van der Waals surface area contributed by atoms with Gasteiger partial charge in [0.05, 0.1) is 14.2 Å². The lowest BCUT2D eigenvalue weighted by atomic mass is 9.76. The van der Waals surface area contributed by atoms with Gasteiger partial charge in [-0.1, -0.05) is 74.5 Å². The van der Waals surface area contributed by atoms with Gasteiger partial charge in [-0.2, -0.15) is 0 Å². The molecule has 154 valence electrons. The van der Waals surface area contributed by atoms with Crippen molar-refractivity contribution in [3.05, 3.63) is 96.1 Å². The number of hydrogen-bond acceptors (Lipinski definition) is 2. The summed E-state index contributed by atoms with van der Waals surface area (Å²) in [6.45, 7) is 4.67. The summed E-state index contributed by atoms with van der Waals surface area (Å²) in [6, 6.07) is 30.1. The molecular weight excluding hydrogens is 380 g/mol. The molecule has 0 unspecified atom stereocenters. The third-order valence-electron chi connectivity index (χ3n) is 6.50. The molecule has 0 heterocycles. The first-order valence-corrected chi connectivity index (χ1v) is 10.6. The van der Waals surface area contributed by atoms with Gasteiger partial charge in [0, 0.05) is 5.41 Å². The van der Waals surface area contributed by atoms with Crippen LogP contribution in [-0.2, 0) is 5.41 Å². The van der Waals surface area contributed by atoms with Gasteiger partial charge in [0.2, 0.25) is 0 Å². The fourth-order valence-corrected chi connectivity index (χ4v) is 4.94. The molecule has 0 amide bonds. The number of benzene rings is 4. The predicted molar refractivity (Wildman–Crippen MR) is 128 cm³/mol. The molecule has 0 N–H and O–H groups in total. The minimum Gasteiger partial charge on any atom is -0.497 e. The van der Waals surface area contributed by atoms with Crippen molar-refractivity contribution in [1.29, 1.82) is 0 Å². The van der Waals surface area contributed by atoms with Crippen molar-refractivity contribution in [3.8, 4) is 44.9 Å². The molecule has 2 nitrogen and oxygen atoms in total. The van der Waals surface area contributed by atoms with Crippen molar-refractivity contribution in [2.45, 2.75) is 19.3 Å². The Kier molecular flexibility index (Phi) is 4.59. The van der Waals surface area contributed by atoms with Crippen LogP contribution < -0.4 is 9.47 Å². The number of methoxy groups -OCH3 is 2. The lowest BCUT2D eigenvalue weighted by molar-refractivity contribution is 0.414. The molecule has 0 spiro atoms. The minimum absolute atomic E-state index is 0.0936. The average Bonchev–Trinajstić information content (AvgIpc) is 3.06. The third-order valence-corrected chi connectivity index (χ3v) is 6.50. The van der Waals surface area contributed by atoms with E-state index < -0.39 is 0 Å². The highest BCUT2D eigenvalue weighted by Crippen LogP contribution is 2.54. The maximum Gasteiger partial charge on any atom is 0.118 e. The van der Waals surface area contributed by atoms with Crippen LogP contribution in [0.5, 0.6) is 11.5 Å². The largest absolute Gasteiger partial charge is 0.497 e. The van der Waals surface area contributed by atoms with Crippen molar-refractivity contribution in [2.75, 3.05) is 14.2 Å². The van der Waals surface area contributed by atoms with Gasteiger partial charge < -0.3 is 9.47 Å². The van der Waals surface area contributed by atoms with E-state index in [4.69, 9.17) is 9.47 Å². The fourth-order valence-electron chi connectivity index (χ4n) is 4.94. The molecule has 0 bridgehead atoms. The van der Waals surface area contributed by atoms with E-state index in [1.54, 1.807) is 14.2 Å². The summed E-state index contributed by atoms with van der Waals surface area (Å²) in [4.78, 5) is 0. The lowest BCUT2D eigenvalue weighted by Gasteiger charge is -2.26. The van der Waals surface area contributed by atoms with Crippen molar-refractivity contribution < 1.29 is 9.47 Å². The summed E-state index contributed by atoms with van der Waals surface area (Å²) in [5, 5.41) is 0. The Hall–Kier alpha value is -3.52. The number of hydrogen-bond donors (Lipinski definition) is 0. The highest BCUT2D eigenvalue weighted by Gasteiger charge is 2.38. The van der Waals surface area contributed by atoms with Crippen LogP contribution >= 0.6 is 0 Å². The van der Waals surface area contributed by atoms with Gasteiger partial charge >= 0.3 is 0 Å². The van der Waals surface area contributed by atoms with Crippen molar-refractivity contribution in [1.82, 2.24) is 0 Å². The van der Waals surface area contributed by atoms with E-state index in [1.165, 1.54) is 44.5 Å². The van der Waals surface area contributed by atoms with Crippen molar-refractivity contribution in [3.63, 3.8) is 0 Å². The first kappa shape index (κ1) is 19.4. The summed E-state index contributed by atoms with van der Waals surface area (Å²) in [5.74, 6) is 1.73. The summed E-state index contributed by atoms with van der Waals surface area (Å²) in [6.07, 6.45) is 0. The van der Waals surface area contributed by atoms with Crippen molar-refractivity contribution >= 4 is 0 Å². The van der Waals surface area contributed by atoms with Gasteiger partial charge in [0.1, 0.15) is 11.5 Å². The van der Waals surface area contributed by atoms with E-state index in [-0.39, 0.29) is 5.41 Å².